The summed E-state index contributed by atoms with van der Waals surface area (Å²) in [6.45, 7) is 2.90. The molecule has 1 aliphatic heterocycles. The van der Waals surface area contributed by atoms with Crippen LogP contribution in [0.15, 0.2) is 0 Å². The average Bonchev–Trinajstić information content (AvgIpc) is 2.18. The van der Waals surface area contributed by atoms with Crippen LogP contribution in [0.2, 0.25) is 0 Å². The molecular weight excluding hydrogens is 274 g/mol. The Hall–Kier alpha value is 0.300. The molecule has 88 valence electrons. The third kappa shape index (κ3) is 6.46. The molecule has 1 amide bonds. The number of rotatable bonds is 5. The van der Waals surface area contributed by atoms with Crippen LogP contribution < -0.4 is 5.32 Å². The number of alkyl halides is 1. The number of hydrogen-bond donors (Lipinski definition) is 1. The lowest BCUT2D eigenvalue weighted by molar-refractivity contribution is -0.122. The monoisotopic (exact) mass is 293 g/mol. The third-order valence-corrected chi connectivity index (χ3v) is 4.19. The zero-order valence-electron chi connectivity index (χ0n) is 9.30. The van der Waals surface area contributed by atoms with Crippen molar-refractivity contribution >= 4 is 33.6 Å². The molecule has 0 aromatic carbocycles. The molecule has 0 aromatic rings. The van der Waals surface area contributed by atoms with E-state index in [1.165, 1.54) is 24.3 Å². The van der Waals surface area contributed by atoms with Crippen LogP contribution >= 0.6 is 27.7 Å². The molecule has 1 heterocycles. The molecule has 1 aliphatic rings. The summed E-state index contributed by atoms with van der Waals surface area (Å²) in [6.07, 6.45) is 4.17. The highest BCUT2D eigenvalue weighted by Gasteiger charge is 2.16. The summed E-state index contributed by atoms with van der Waals surface area (Å²) in [5.74, 6) is 3.33. The quantitative estimate of drug-likeness (QED) is 0.790. The van der Waals surface area contributed by atoms with Crippen LogP contribution in [0, 0.1) is 5.92 Å². The minimum Gasteiger partial charge on any atom is -0.356 e. The van der Waals surface area contributed by atoms with Gasteiger partial charge in [0.25, 0.3) is 0 Å². The molecule has 1 atom stereocenters. The molecule has 0 radical (unpaired) electrons. The fraction of sp³-hybridized carbons (Fsp3) is 0.909. The summed E-state index contributed by atoms with van der Waals surface area (Å²) in [6, 6.07) is 0. The van der Waals surface area contributed by atoms with Crippen molar-refractivity contribution in [2.24, 2.45) is 5.92 Å². The van der Waals surface area contributed by atoms with E-state index in [0.29, 0.717) is 10.7 Å². The lowest BCUT2D eigenvalue weighted by Gasteiger charge is -2.20. The molecule has 0 saturated carbocycles. The van der Waals surface area contributed by atoms with Crippen LogP contribution in [0.1, 0.15) is 32.6 Å². The van der Waals surface area contributed by atoms with E-state index in [4.69, 9.17) is 0 Å². The van der Waals surface area contributed by atoms with E-state index in [-0.39, 0.29) is 5.91 Å². The Kier molecular flexibility index (Phi) is 6.73. The summed E-state index contributed by atoms with van der Waals surface area (Å²) in [5, 5.41) is 2.99. The Labute approximate surface area is 105 Å². The van der Waals surface area contributed by atoms with E-state index in [0.717, 1.165) is 19.4 Å². The fourth-order valence-corrected chi connectivity index (χ4v) is 3.13. The number of thioether (sulfide) groups is 1. The Morgan fingerprint density at radius 2 is 2.20 bits per heavy atom. The van der Waals surface area contributed by atoms with Gasteiger partial charge in [0, 0.05) is 17.8 Å². The van der Waals surface area contributed by atoms with Crippen molar-refractivity contribution in [3.63, 3.8) is 0 Å². The van der Waals surface area contributed by atoms with Gasteiger partial charge in [0.2, 0.25) is 5.91 Å². The Morgan fingerprint density at radius 3 is 2.80 bits per heavy atom. The summed E-state index contributed by atoms with van der Waals surface area (Å²) >= 11 is 5.48. The van der Waals surface area contributed by atoms with Gasteiger partial charge in [-0.05, 0) is 36.7 Å². The maximum Gasteiger partial charge on any atom is 0.220 e. The van der Waals surface area contributed by atoms with Crippen LogP contribution in [0.25, 0.3) is 0 Å². The fourth-order valence-electron chi connectivity index (χ4n) is 1.70. The van der Waals surface area contributed by atoms with Crippen LogP contribution in [0.3, 0.4) is 0 Å². The van der Waals surface area contributed by atoms with Crippen molar-refractivity contribution in [2.45, 2.75) is 37.4 Å². The zero-order valence-corrected chi connectivity index (χ0v) is 11.7. The van der Waals surface area contributed by atoms with Crippen LogP contribution in [0.5, 0.6) is 0 Å². The molecule has 15 heavy (non-hydrogen) atoms. The lowest BCUT2D eigenvalue weighted by Crippen LogP contribution is -2.28. The highest BCUT2D eigenvalue weighted by molar-refractivity contribution is 9.09. The van der Waals surface area contributed by atoms with Gasteiger partial charge < -0.3 is 5.32 Å². The Morgan fingerprint density at radius 1 is 1.53 bits per heavy atom. The van der Waals surface area contributed by atoms with Crippen LogP contribution in [0.4, 0.5) is 0 Å². The van der Waals surface area contributed by atoms with Gasteiger partial charge in [0.1, 0.15) is 0 Å². The highest BCUT2D eigenvalue weighted by Crippen LogP contribution is 2.24. The second kappa shape index (κ2) is 7.55. The normalized spacial score (nSPS) is 19.9. The second-order valence-corrected chi connectivity index (χ2v) is 6.97. The van der Waals surface area contributed by atoms with Gasteiger partial charge in [-0.3, -0.25) is 4.79 Å². The van der Waals surface area contributed by atoms with Gasteiger partial charge >= 0.3 is 0 Å². The minimum absolute atomic E-state index is 0.236. The molecule has 1 unspecified atom stereocenters. The van der Waals surface area contributed by atoms with Crippen molar-refractivity contribution < 1.29 is 4.79 Å². The predicted octanol–water partition coefficient (Wildman–Crippen LogP) is 2.81. The SMILES string of the molecule is CC(Br)CCNC(=O)CC1CCSCC1. The number of carbonyl (C=O) groups excluding carboxylic acids is 1. The third-order valence-electron chi connectivity index (χ3n) is 2.68. The van der Waals surface area contributed by atoms with E-state index < -0.39 is 0 Å². The van der Waals surface area contributed by atoms with Crippen molar-refractivity contribution in [3.8, 4) is 0 Å². The molecule has 0 aliphatic carbocycles. The van der Waals surface area contributed by atoms with Gasteiger partial charge in [-0.25, -0.2) is 0 Å². The van der Waals surface area contributed by atoms with Crippen molar-refractivity contribution in [3.05, 3.63) is 0 Å². The van der Waals surface area contributed by atoms with Crippen molar-refractivity contribution in [1.29, 1.82) is 0 Å². The van der Waals surface area contributed by atoms with E-state index in [9.17, 15) is 4.79 Å². The maximum absolute atomic E-state index is 11.6. The van der Waals surface area contributed by atoms with E-state index in [1.54, 1.807) is 0 Å². The summed E-state index contributed by atoms with van der Waals surface area (Å²) in [4.78, 5) is 12.0. The van der Waals surface area contributed by atoms with E-state index in [1.807, 2.05) is 11.8 Å². The predicted molar refractivity (Wildman–Crippen MR) is 70.7 cm³/mol. The smallest absolute Gasteiger partial charge is 0.220 e. The number of halogens is 1. The molecule has 1 N–H and O–H groups in total. The molecule has 0 aromatic heterocycles. The first-order valence-electron chi connectivity index (χ1n) is 5.67. The van der Waals surface area contributed by atoms with Crippen molar-refractivity contribution in [2.75, 3.05) is 18.1 Å². The number of nitrogens with one attached hydrogen (secondary N) is 1. The lowest BCUT2D eigenvalue weighted by atomic mass is 9.98. The van der Waals surface area contributed by atoms with E-state index in [2.05, 4.69) is 28.2 Å². The Bertz CT molecular complexity index is 193. The molecule has 2 nitrogen and oxygen atoms in total. The van der Waals surface area contributed by atoms with Crippen LogP contribution in [-0.4, -0.2) is 28.8 Å². The maximum atomic E-state index is 11.6. The average molecular weight is 294 g/mol. The van der Waals surface area contributed by atoms with Crippen LogP contribution in [-0.2, 0) is 4.79 Å². The molecule has 4 heteroatoms. The molecular formula is C11H20BrNOS. The minimum atomic E-state index is 0.236. The highest BCUT2D eigenvalue weighted by atomic mass is 79.9. The Balaban J connectivity index is 2.06. The largest absolute Gasteiger partial charge is 0.356 e. The first-order valence-corrected chi connectivity index (χ1v) is 7.74. The molecule has 1 rings (SSSR count). The van der Waals surface area contributed by atoms with Gasteiger partial charge in [-0.15, -0.1) is 0 Å². The van der Waals surface area contributed by atoms with Gasteiger partial charge in [0.15, 0.2) is 0 Å². The summed E-state index contributed by atoms with van der Waals surface area (Å²) in [5.41, 5.74) is 0. The molecule has 0 bridgehead atoms. The molecule has 1 saturated heterocycles. The van der Waals surface area contributed by atoms with E-state index >= 15 is 0 Å². The van der Waals surface area contributed by atoms with Gasteiger partial charge in [-0.2, -0.15) is 11.8 Å². The van der Waals surface area contributed by atoms with Gasteiger partial charge in [-0.1, -0.05) is 22.9 Å². The molecule has 1 fully saturated rings. The molecule has 0 spiro atoms. The first kappa shape index (κ1) is 13.4. The van der Waals surface area contributed by atoms with Crippen molar-refractivity contribution in [1.82, 2.24) is 5.32 Å². The topological polar surface area (TPSA) is 29.1 Å². The number of carbonyl (C=O) groups is 1. The number of amides is 1. The summed E-state index contributed by atoms with van der Waals surface area (Å²) < 4.78 is 0. The second-order valence-electron chi connectivity index (χ2n) is 4.18. The first-order chi connectivity index (χ1) is 7.18. The zero-order chi connectivity index (χ0) is 11.1. The summed E-state index contributed by atoms with van der Waals surface area (Å²) in [7, 11) is 0. The van der Waals surface area contributed by atoms with Gasteiger partial charge in [0.05, 0.1) is 0 Å². The standard InChI is InChI=1S/C11H20BrNOS/c1-9(12)2-5-13-11(14)8-10-3-6-15-7-4-10/h9-10H,2-8H2,1H3,(H,13,14). The number of hydrogen-bond acceptors (Lipinski definition) is 2.